The number of rotatable bonds is 5. The SMILES string of the molecule is c1ccc(-c2cc(-c3cc(-c4ccccc4)nc(-c4ccccc4)n3)cc(-n3c4c(c5ccccc53)-c3ccccc3Oc3ccccc3-4)c2)cc1. The van der Waals surface area contributed by atoms with E-state index >= 15 is 0 Å². The molecule has 0 aliphatic carbocycles. The molecule has 7 aromatic carbocycles. The molecule has 0 atom stereocenters. The number of nitrogens with zero attached hydrogens (tertiary/aromatic N) is 3. The van der Waals surface area contributed by atoms with Gasteiger partial charge in [0.2, 0.25) is 0 Å². The van der Waals surface area contributed by atoms with Gasteiger partial charge in [-0.25, -0.2) is 9.97 Å². The zero-order valence-electron chi connectivity index (χ0n) is 28.1. The first-order valence-corrected chi connectivity index (χ1v) is 17.5. The highest BCUT2D eigenvalue weighted by molar-refractivity contribution is 6.08. The van der Waals surface area contributed by atoms with Gasteiger partial charge in [-0.05, 0) is 59.7 Å². The van der Waals surface area contributed by atoms with E-state index in [4.69, 9.17) is 14.7 Å². The van der Waals surface area contributed by atoms with Crippen molar-refractivity contribution in [1.82, 2.24) is 14.5 Å². The van der Waals surface area contributed by atoms with Crippen LogP contribution in [0.3, 0.4) is 0 Å². The molecule has 10 rings (SSSR count). The highest BCUT2D eigenvalue weighted by atomic mass is 16.5. The van der Waals surface area contributed by atoms with E-state index in [1.807, 2.05) is 36.4 Å². The third kappa shape index (κ3) is 5.09. The van der Waals surface area contributed by atoms with Gasteiger partial charge in [-0.3, -0.25) is 0 Å². The quantitative estimate of drug-likeness (QED) is 0.184. The van der Waals surface area contributed by atoms with Gasteiger partial charge in [0.05, 0.1) is 22.6 Å². The predicted molar refractivity (Wildman–Crippen MR) is 212 cm³/mol. The summed E-state index contributed by atoms with van der Waals surface area (Å²) in [7, 11) is 0. The summed E-state index contributed by atoms with van der Waals surface area (Å²) in [5, 5.41) is 1.16. The van der Waals surface area contributed by atoms with E-state index in [2.05, 4.69) is 156 Å². The zero-order chi connectivity index (χ0) is 34.4. The lowest BCUT2D eigenvalue weighted by Gasteiger charge is -2.17. The molecule has 1 aliphatic heterocycles. The Bertz CT molecular complexity index is 2690. The molecule has 0 radical (unpaired) electrons. The van der Waals surface area contributed by atoms with Crippen molar-refractivity contribution in [1.29, 1.82) is 0 Å². The average molecular weight is 666 g/mol. The van der Waals surface area contributed by atoms with E-state index in [1.54, 1.807) is 0 Å². The lowest BCUT2D eigenvalue weighted by atomic mass is 9.97. The van der Waals surface area contributed by atoms with Crippen molar-refractivity contribution < 1.29 is 4.74 Å². The summed E-state index contributed by atoms with van der Waals surface area (Å²) in [5.41, 5.74) is 13.5. The third-order valence-electron chi connectivity index (χ3n) is 9.80. The number of benzene rings is 7. The van der Waals surface area contributed by atoms with Crippen LogP contribution in [0.5, 0.6) is 11.5 Å². The summed E-state index contributed by atoms with van der Waals surface area (Å²) in [6.07, 6.45) is 0. The molecule has 0 N–H and O–H groups in total. The maximum absolute atomic E-state index is 6.65. The fraction of sp³-hybridized carbons (Fsp3) is 0. The van der Waals surface area contributed by atoms with Crippen LogP contribution in [0.15, 0.2) is 188 Å². The van der Waals surface area contributed by atoms with Gasteiger partial charge >= 0.3 is 0 Å². The van der Waals surface area contributed by atoms with Crippen molar-refractivity contribution in [2.75, 3.05) is 0 Å². The Labute approximate surface area is 301 Å². The van der Waals surface area contributed by atoms with Gasteiger partial charge in [-0.15, -0.1) is 0 Å². The van der Waals surface area contributed by atoms with Crippen LogP contribution >= 0.6 is 0 Å². The molecular formula is C48H31N3O. The molecule has 2 aromatic heterocycles. The van der Waals surface area contributed by atoms with Crippen molar-refractivity contribution in [3.05, 3.63) is 188 Å². The minimum Gasteiger partial charge on any atom is -0.456 e. The zero-order valence-corrected chi connectivity index (χ0v) is 28.1. The maximum Gasteiger partial charge on any atom is 0.160 e. The highest BCUT2D eigenvalue weighted by Crippen LogP contribution is 2.52. The van der Waals surface area contributed by atoms with Crippen LogP contribution in [0.1, 0.15) is 0 Å². The van der Waals surface area contributed by atoms with Crippen molar-refractivity contribution in [3.63, 3.8) is 0 Å². The second-order valence-corrected chi connectivity index (χ2v) is 13.0. The summed E-state index contributed by atoms with van der Waals surface area (Å²) in [6, 6.07) is 65.5. The summed E-state index contributed by atoms with van der Waals surface area (Å²) < 4.78 is 9.05. The first-order chi connectivity index (χ1) is 25.8. The molecule has 4 nitrogen and oxygen atoms in total. The molecule has 0 unspecified atom stereocenters. The third-order valence-corrected chi connectivity index (χ3v) is 9.80. The molecule has 0 spiro atoms. The van der Waals surface area contributed by atoms with E-state index in [9.17, 15) is 0 Å². The van der Waals surface area contributed by atoms with E-state index < -0.39 is 0 Å². The van der Waals surface area contributed by atoms with E-state index in [1.165, 1.54) is 0 Å². The van der Waals surface area contributed by atoms with Gasteiger partial charge in [0.25, 0.3) is 0 Å². The predicted octanol–water partition coefficient (Wildman–Crippen LogP) is 12.5. The van der Waals surface area contributed by atoms with Crippen LogP contribution in [0, 0.1) is 0 Å². The van der Waals surface area contributed by atoms with Crippen molar-refractivity contribution in [2.24, 2.45) is 0 Å². The normalized spacial score (nSPS) is 11.6. The summed E-state index contributed by atoms with van der Waals surface area (Å²) >= 11 is 0. The molecule has 244 valence electrons. The minimum atomic E-state index is 0.687. The van der Waals surface area contributed by atoms with Crippen LogP contribution in [0.2, 0.25) is 0 Å². The fourth-order valence-electron chi connectivity index (χ4n) is 7.42. The van der Waals surface area contributed by atoms with Gasteiger partial charge in [-0.2, -0.15) is 0 Å². The molecule has 3 heterocycles. The standard InChI is InChI=1S/C48H31N3O/c1-4-16-32(17-5-1)35-28-36(42-31-41(33-18-6-2-7-19-33)49-48(50-42)34-20-8-3-9-21-34)30-37(29-35)51-43-25-13-10-22-38(43)46-39-23-11-14-26-44(39)52-45-27-15-12-24-40(45)47(46)51/h1-31H. The molecule has 9 aromatic rings. The Balaban J connectivity index is 1.29. The molecule has 0 fully saturated rings. The summed E-state index contributed by atoms with van der Waals surface area (Å²) in [4.78, 5) is 10.3. The highest BCUT2D eigenvalue weighted by Gasteiger charge is 2.28. The molecule has 1 aliphatic rings. The van der Waals surface area contributed by atoms with Crippen LogP contribution < -0.4 is 4.74 Å². The first-order valence-electron chi connectivity index (χ1n) is 17.5. The molecule has 0 saturated carbocycles. The minimum absolute atomic E-state index is 0.687. The largest absolute Gasteiger partial charge is 0.456 e. The van der Waals surface area contributed by atoms with Crippen LogP contribution in [-0.2, 0) is 0 Å². The molecule has 52 heavy (non-hydrogen) atoms. The van der Waals surface area contributed by atoms with Gasteiger partial charge < -0.3 is 9.30 Å². The Kier molecular flexibility index (Phi) is 7.10. The monoisotopic (exact) mass is 665 g/mol. The maximum atomic E-state index is 6.65. The lowest BCUT2D eigenvalue weighted by molar-refractivity contribution is 0.487. The number of para-hydroxylation sites is 3. The Hall–Kier alpha value is -7.04. The Morgan fingerprint density at radius 1 is 0.404 bits per heavy atom. The number of aromatic nitrogens is 3. The van der Waals surface area contributed by atoms with Gasteiger partial charge in [0, 0.05) is 44.5 Å². The Morgan fingerprint density at radius 3 is 1.67 bits per heavy atom. The van der Waals surface area contributed by atoms with Gasteiger partial charge in [0.15, 0.2) is 5.82 Å². The molecule has 0 saturated heterocycles. The number of hydrogen-bond acceptors (Lipinski definition) is 3. The molecule has 0 bridgehead atoms. The fourth-order valence-corrected chi connectivity index (χ4v) is 7.42. The van der Waals surface area contributed by atoms with Gasteiger partial charge in [-0.1, -0.05) is 140 Å². The van der Waals surface area contributed by atoms with Crippen LogP contribution in [0.4, 0.5) is 0 Å². The van der Waals surface area contributed by atoms with Crippen LogP contribution in [0.25, 0.3) is 84.0 Å². The van der Waals surface area contributed by atoms with E-state index in [0.29, 0.717) is 5.82 Å². The second kappa shape index (κ2) is 12.4. The number of ether oxygens (including phenoxy) is 1. The van der Waals surface area contributed by atoms with Crippen molar-refractivity contribution in [3.8, 4) is 84.6 Å². The van der Waals surface area contributed by atoms with Gasteiger partial charge in [0.1, 0.15) is 11.5 Å². The van der Waals surface area contributed by atoms with E-state index in [-0.39, 0.29) is 0 Å². The van der Waals surface area contributed by atoms with Crippen molar-refractivity contribution >= 4 is 10.9 Å². The molecular weight excluding hydrogens is 635 g/mol. The molecule has 4 heteroatoms. The second-order valence-electron chi connectivity index (χ2n) is 13.0. The van der Waals surface area contributed by atoms with Crippen molar-refractivity contribution in [2.45, 2.75) is 0 Å². The first kappa shape index (κ1) is 29.8. The summed E-state index contributed by atoms with van der Waals surface area (Å²) in [5.74, 6) is 2.36. The average Bonchev–Trinajstić information content (AvgIpc) is 3.49. The Morgan fingerprint density at radius 2 is 0.942 bits per heavy atom. The topological polar surface area (TPSA) is 39.9 Å². The smallest absolute Gasteiger partial charge is 0.160 e. The number of hydrogen-bond donors (Lipinski definition) is 0. The lowest BCUT2D eigenvalue weighted by Crippen LogP contribution is -2.00. The van der Waals surface area contributed by atoms with Crippen LogP contribution in [-0.4, -0.2) is 14.5 Å². The number of fused-ring (bicyclic) bond motifs is 7. The summed E-state index contributed by atoms with van der Waals surface area (Å²) in [6.45, 7) is 0. The van der Waals surface area contributed by atoms with E-state index in [0.717, 1.165) is 89.7 Å². The molecule has 0 amide bonds.